The molecule has 0 aliphatic carbocycles. The summed E-state index contributed by atoms with van der Waals surface area (Å²) in [4.78, 5) is 4.38. The molecule has 16 heavy (non-hydrogen) atoms. The third-order valence-electron chi connectivity index (χ3n) is 3.86. The van der Waals surface area contributed by atoms with Crippen molar-refractivity contribution >= 4 is 5.95 Å². The van der Waals surface area contributed by atoms with E-state index in [2.05, 4.69) is 27.1 Å². The van der Waals surface area contributed by atoms with Crippen LogP contribution in [0.3, 0.4) is 0 Å². The molecule has 4 heteroatoms. The predicted octanol–water partition coefficient (Wildman–Crippen LogP) is 1.60. The van der Waals surface area contributed by atoms with E-state index in [9.17, 15) is 0 Å². The van der Waals surface area contributed by atoms with Gasteiger partial charge in [-0.3, -0.25) is 0 Å². The van der Waals surface area contributed by atoms with Crippen molar-refractivity contribution in [2.45, 2.75) is 57.3 Å². The van der Waals surface area contributed by atoms with Gasteiger partial charge in [0.2, 0.25) is 5.95 Å². The number of hydrogen-bond donors (Lipinski definition) is 2. The number of aryl methyl sites for hydroxylation is 1. The van der Waals surface area contributed by atoms with Crippen LogP contribution in [0.15, 0.2) is 12.4 Å². The summed E-state index contributed by atoms with van der Waals surface area (Å²) >= 11 is 0. The molecule has 2 N–H and O–H groups in total. The van der Waals surface area contributed by atoms with E-state index in [1.54, 1.807) is 0 Å². The van der Waals surface area contributed by atoms with Gasteiger partial charge in [0.15, 0.2) is 0 Å². The number of hydrogen-bond acceptors (Lipinski definition) is 3. The summed E-state index contributed by atoms with van der Waals surface area (Å²) in [5, 5.41) is 7.25. The first-order chi connectivity index (χ1) is 7.85. The van der Waals surface area contributed by atoms with Gasteiger partial charge in [0.05, 0.1) is 0 Å². The highest BCUT2D eigenvalue weighted by Gasteiger charge is 2.33. The highest BCUT2D eigenvalue weighted by Crippen LogP contribution is 2.28. The van der Waals surface area contributed by atoms with Gasteiger partial charge in [0.25, 0.3) is 0 Å². The molecule has 2 aliphatic rings. The van der Waals surface area contributed by atoms with Crippen LogP contribution >= 0.6 is 0 Å². The van der Waals surface area contributed by atoms with Crippen LogP contribution in [0.2, 0.25) is 0 Å². The summed E-state index contributed by atoms with van der Waals surface area (Å²) in [5.41, 5.74) is 0. The molecule has 1 aromatic heterocycles. The van der Waals surface area contributed by atoms with Gasteiger partial charge in [-0.25, -0.2) is 4.98 Å². The Balaban J connectivity index is 1.66. The van der Waals surface area contributed by atoms with E-state index in [0.29, 0.717) is 6.04 Å². The summed E-state index contributed by atoms with van der Waals surface area (Å²) in [6, 6.07) is 2.08. The van der Waals surface area contributed by atoms with Crippen LogP contribution in [0.5, 0.6) is 0 Å². The zero-order chi connectivity index (χ0) is 11.0. The second-order valence-corrected chi connectivity index (χ2v) is 4.99. The molecule has 2 bridgehead atoms. The van der Waals surface area contributed by atoms with Gasteiger partial charge in [0.1, 0.15) is 0 Å². The first-order valence-electron chi connectivity index (χ1n) is 6.39. The largest absolute Gasteiger partial charge is 0.353 e. The van der Waals surface area contributed by atoms with Crippen LogP contribution in [0.4, 0.5) is 5.95 Å². The minimum atomic E-state index is 0.603. The van der Waals surface area contributed by atoms with Gasteiger partial charge in [-0.05, 0) is 32.6 Å². The van der Waals surface area contributed by atoms with Crippen molar-refractivity contribution in [3.8, 4) is 0 Å². The molecule has 0 spiro atoms. The first kappa shape index (κ1) is 10.1. The molecule has 2 fully saturated rings. The van der Waals surface area contributed by atoms with Crippen LogP contribution in [-0.4, -0.2) is 27.7 Å². The van der Waals surface area contributed by atoms with E-state index in [-0.39, 0.29) is 0 Å². The molecule has 4 nitrogen and oxygen atoms in total. The Morgan fingerprint density at radius 2 is 2.19 bits per heavy atom. The molecule has 2 saturated heterocycles. The third kappa shape index (κ3) is 1.82. The summed E-state index contributed by atoms with van der Waals surface area (Å²) < 4.78 is 2.17. The molecule has 3 rings (SSSR count). The van der Waals surface area contributed by atoms with Crippen LogP contribution in [0.1, 0.15) is 32.6 Å². The van der Waals surface area contributed by atoms with E-state index in [4.69, 9.17) is 0 Å². The Morgan fingerprint density at radius 3 is 2.88 bits per heavy atom. The summed E-state index contributed by atoms with van der Waals surface area (Å²) in [6.07, 6.45) is 9.11. The molecule has 2 atom stereocenters. The van der Waals surface area contributed by atoms with Crippen molar-refractivity contribution < 1.29 is 0 Å². The summed E-state index contributed by atoms with van der Waals surface area (Å²) in [6.45, 7) is 3.14. The average molecular weight is 220 g/mol. The van der Waals surface area contributed by atoms with Crippen molar-refractivity contribution in [2.24, 2.45) is 0 Å². The number of fused-ring (bicyclic) bond motifs is 2. The van der Waals surface area contributed by atoms with Gasteiger partial charge in [-0.1, -0.05) is 0 Å². The lowest BCUT2D eigenvalue weighted by Crippen LogP contribution is -2.43. The fourth-order valence-electron chi connectivity index (χ4n) is 3.06. The topological polar surface area (TPSA) is 41.9 Å². The SMILES string of the molecule is CCn1ccnc1NC1CC2CCC(C1)N2. The maximum absolute atomic E-state index is 4.38. The lowest BCUT2D eigenvalue weighted by Gasteiger charge is -2.30. The van der Waals surface area contributed by atoms with Gasteiger partial charge >= 0.3 is 0 Å². The highest BCUT2D eigenvalue weighted by atomic mass is 15.2. The number of nitrogens with one attached hydrogen (secondary N) is 2. The van der Waals surface area contributed by atoms with Gasteiger partial charge in [-0.2, -0.15) is 0 Å². The molecule has 0 saturated carbocycles. The van der Waals surface area contributed by atoms with Crippen molar-refractivity contribution in [2.75, 3.05) is 5.32 Å². The molecule has 3 heterocycles. The molecule has 0 amide bonds. The fourth-order valence-corrected chi connectivity index (χ4v) is 3.06. The number of anilines is 1. The quantitative estimate of drug-likeness (QED) is 0.813. The Hall–Kier alpha value is -1.03. The molecular formula is C12H20N4. The van der Waals surface area contributed by atoms with Crippen LogP contribution < -0.4 is 10.6 Å². The number of rotatable bonds is 3. The molecular weight excluding hydrogens is 200 g/mol. The number of piperidine rings is 1. The Labute approximate surface area is 96.4 Å². The number of aromatic nitrogens is 2. The smallest absolute Gasteiger partial charge is 0.202 e. The minimum Gasteiger partial charge on any atom is -0.353 e. The lowest BCUT2D eigenvalue weighted by atomic mass is 10.0. The van der Waals surface area contributed by atoms with Crippen molar-refractivity contribution in [3.63, 3.8) is 0 Å². The van der Waals surface area contributed by atoms with Gasteiger partial charge in [-0.15, -0.1) is 0 Å². The van der Waals surface area contributed by atoms with Crippen molar-refractivity contribution in [1.29, 1.82) is 0 Å². The standard InChI is InChI=1S/C12H20N4/c1-2-16-6-5-13-12(16)15-11-7-9-3-4-10(8-11)14-9/h5-6,9-11,14H,2-4,7-8H2,1H3,(H,13,15). The van der Waals surface area contributed by atoms with Crippen LogP contribution in [-0.2, 0) is 6.54 Å². The average Bonchev–Trinajstić information content (AvgIpc) is 2.85. The molecule has 0 radical (unpaired) electrons. The molecule has 88 valence electrons. The van der Waals surface area contributed by atoms with E-state index >= 15 is 0 Å². The Kier molecular flexibility index (Phi) is 2.59. The van der Waals surface area contributed by atoms with E-state index in [1.807, 2.05) is 12.4 Å². The molecule has 1 aromatic rings. The van der Waals surface area contributed by atoms with Crippen LogP contribution in [0, 0.1) is 0 Å². The van der Waals surface area contributed by atoms with Crippen molar-refractivity contribution in [3.05, 3.63) is 12.4 Å². The lowest BCUT2D eigenvalue weighted by molar-refractivity contribution is 0.376. The normalized spacial score (nSPS) is 32.9. The van der Waals surface area contributed by atoms with Crippen molar-refractivity contribution in [1.82, 2.24) is 14.9 Å². The maximum Gasteiger partial charge on any atom is 0.202 e. The summed E-state index contributed by atoms with van der Waals surface area (Å²) in [5.74, 6) is 1.04. The van der Waals surface area contributed by atoms with E-state index in [1.165, 1.54) is 25.7 Å². The predicted molar refractivity (Wildman–Crippen MR) is 64.5 cm³/mol. The zero-order valence-corrected chi connectivity index (χ0v) is 9.82. The molecule has 2 aliphatic heterocycles. The second kappa shape index (κ2) is 4.09. The fraction of sp³-hybridized carbons (Fsp3) is 0.750. The minimum absolute atomic E-state index is 0.603. The molecule has 2 unspecified atom stereocenters. The van der Waals surface area contributed by atoms with E-state index < -0.39 is 0 Å². The highest BCUT2D eigenvalue weighted by molar-refractivity contribution is 5.28. The third-order valence-corrected chi connectivity index (χ3v) is 3.86. The maximum atomic E-state index is 4.38. The number of nitrogens with zero attached hydrogens (tertiary/aromatic N) is 2. The second-order valence-electron chi connectivity index (χ2n) is 4.99. The zero-order valence-electron chi connectivity index (χ0n) is 9.82. The van der Waals surface area contributed by atoms with E-state index in [0.717, 1.165) is 24.6 Å². The first-order valence-corrected chi connectivity index (χ1v) is 6.39. The Bertz CT molecular complexity index is 348. The van der Waals surface area contributed by atoms with Gasteiger partial charge < -0.3 is 15.2 Å². The molecule has 0 aromatic carbocycles. The number of imidazole rings is 1. The van der Waals surface area contributed by atoms with Crippen LogP contribution in [0.25, 0.3) is 0 Å². The van der Waals surface area contributed by atoms with Gasteiger partial charge in [0, 0.05) is 37.1 Å². The summed E-state index contributed by atoms with van der Waals surface area (Å²) in [7, 11) is 0. The Morgan fingerprint density at radius 1 is 1.44 bits per heavy atom. The monoisotopic (exact) mass is 220 g/mol.